The first-order valence-electron chi connectivity index (χ1n) is 6.50. The van der Waals surface area contributed by atoms with Crippen LogP contribution < -0.4 is 5.32 Å². The fraction of sp³-hybridized carbons (Fsp3) is 1.00. The van der Waals surface area contributed by atoms with E-state index in [1.165, 1.54) is 51.6 Å². The molecular weight excluding hydrogens is 202 g/mol. The van der Waals surface area contributed by atoms with E-state index >= 15 is 0 Å². The standard InChI is InChI=1S/C13H25NS/c1-11-4-3-5-12(8-11)9-14-10-13(15-2)6-7-13/h11-12,14H,3-10H2,1-2H3. The minimum atomic E-state index is 0.639. The molecule has 0 spiro atoms. The van der Waals surface area contributed by atoms with Gasteiger partial charge in [-0.1, -0.05) is 19.8 Å². The molecule has 2 aliphatic carbocycles. The lowest BCUT2D eigenvalue weighted by Crippen LogP contribution is -2.32. The second-order valence-corrected chi connectivity index (χ2v) is 6.93. The van der Waals surface area contributed by atoms with Crippen LogP contribution in [0.3, 0.4) is 0 Å². The lowest BCUT2D eigenvalue weighted by Gasteiger charge is -2.27. The number of nitrogens with one attached hydrogen (secondary N) is 1. The minimum Gasteiger partial charge on any atom is -0.315 e. The molecule has 0 aromatic heterocycles. The Labute approximate surface area is 98.8 Å². The summed E-state index contributed by atoms with van der Waals surface area (Å²) in [6.07, 6.45) is 11.0. The highest BCUT2D eigenvalue weighted by molar-refractivity contribution is 8.00. The topological polar surface area (TPSA) is 12.0 Å². The van der Waals surface area contributed by atoms with E-state index in [9.17, 15) is 0 Å². The molecule has 2 unspecified atom stereocenters. The lowest BCUT2D eigenvalue weighted by atomic mass is 9.82. The number of thioether (sulfide) groups is 1. The van der Waals surface area contributed by atoms with Crippen molar-refractivity contribution in [1.29, 1.82) is 0 Å². The Hall–Kier alpha value is 0.310. The Morgan fingerprint density at radius 2 is 2.13 bits per heavy atom. The van der Waals surface area contributed by atoms with E-state index in [1.54, 1.807) is 0 Å². The summed E-state index contributed by atoms with van der Waals surface area (Å²) in [5.74, 6) is 1.94. The molecule has 0 radical (unpaired) electrons. The van der Waals surface area contributed by atoms with Crippen molar-refractivity contribution < 1.29 is 0 Å². The highest BCUT2D eigenvalue weighted by atomic mass is 32.2. The smallest absolute Gasteiger partial charge is 0.0282 e. The molecule has 2 fully saturated rings. The average Bonchev–Trinajstić information content (AvgIpc) is 2.99. The molecule has 88 valence electrons. The van der Waals surface area contributed by atoms with Crippen LogP contribution in [-0.2, 0) is 0 Å². The Balaban J connectivity index is 1.61. The molecule has 2 atom stereocenters. The summed E-state index contributed by atoms with van der Waals surface area (Å²) >= 11 is 2.06. The van der Waals surface area contributed by atoms with Crippen molar-refractivity contribution in [3.63, 3.8) is 0 Å². The molecule has 15 heavy (non-hydrogen) atoms. The summed E-state index contributed by atoms with van der Waals surface area (Å²) in [5, 5.41) is 3.71. The van der Waals surface area contributed by atoms with Crippen LogP contribution in [0.4, 0.5) is 0 Å². The summed E-state index contributed by atoms with van der Waals surface area (Å²) in [7, 11) is 0. The Kier molecular flexibility index (Phi) is 4.00. The predicted molar refractivity (Wildman–Crippen MR) is 69.5 cm³/mol. The van der Waals surface area contributed by atoms with E-state index in [0.717, 1.165) is 11.8 Å². The fourth-order valence-electron chi connectivity index (χ4n) is 2.84. The van der Waals surface area contributed by atoms with E-state index < -0.39 is 0 Å². The van der Waals surface area contributed by atoms with Gasteiger partial charge in [0.1, 0.15) is 0 Å². The molecule has 0 amide bonds. The lowest BCUT2D eigenvalue weighted by molar-refractivity contribution is 0.274. The van der Waals surface area contributed by atoms with Crippen LogP contribution in [0.2, 0.25) is 0 Å². The Bertz CT molecular complexity index is 201. The predicted octanol–water partition coefficient (Wildman–Crippen LogP) is 3.30. The summed E-state index contributed by atoms with van der Waals surface area (Å²) in [6.45, 7) is 4.93. The van der Waals surface area contributed by atoms with Gasteiger partial charge >= 0.3 is 0 Å². The van der Waals surface area contributed by atoms with Gasteiger partial charge in [-0.3, -0.25) is 0 Å². The third-order valence-electron chi connectivity index (χ3n) is 4.17. The molecule has 2 heteroatoms. The van der Waals surface area contributed by atoms with Gasteiger partial charge in [-0.2, -0.15) is 11.8 Å². The van der Waals surface area contributed by atoms with Crippen LogP contribution in [0, 0.1) is 11.8 Å². The SMILES string of the molecule is CSC1(CNCC2CCCC(C)C2)CC1. The van der Waals surface area contributed by atoms with Crippen molar-refractivity contribution in [2.75, 3.05) is 19.3 Å². The number of hydrogen-bond donors (Lipinski definition) is 1. The van der Waals surface area contributed by atoms with Crippen molar-refractivity contribution in [2.45, 2.75) is 50.2 Å². The van der Waals surface area contributed by atoms with Crippen LogP contribution in [0.15, 0.2) is 0 Å². The normalized spacial score (nSPS) is 34.0. The van der Waals surface area contributed by atoms with Gasteiger partial charge in [0.05, 0.1) is 0 Å². The van der Waals surface area contributed by atoms with Crippen LogP contribution >= 0.6 is 11.8 Å². The second kappa shape index (κ2) is 5.09. The highest BCUT2D eigenvalue weighted by Gasteiger charge is 2.41. The zero-order valence-electron chi connectivity index (χ0n) is 10.2. The van der Waals surface area contributed by atoms with Gasteiger partial charge in [0.25, 0.3) is 0 Å². The molecule has 0 aromatic carbocycles. The number of rotatable bonds is 5. The van der Waals surface area contributed by atoms with E-state index in [2.05, 4.69) is 30.3 Å². The van der Waals surface area contributed by atoms with Crippen molar-refractivity contribution in [2.24, 2.45) is 11.8 Å². The van der Waals surface area contributed by atoms with E-state index in [0.29, 0.717) is 4.75 Å². The van der Waals surface area contributed by atoms with Crippen molar-refractivity contribution >= 4 is 11.8 Å². The largest absolute Gasteiger partial charge is 0.315 e. The molecular formula is C13H25NS. The molecule has 2 aliphatic rings. The molecule has 0 heterocycles. The second-order valence-electron chi connectivity index (χ2n) is 5.66. The zero-order valence-corrected chi connectivity index (χ0v) is 11.0. The van der Waals surface area contributed by atoms with Crippen LogP contribution in [0.5, 0.6) is 0 Å². The maximum absolute atomic E-state index is 3.71. The van der Waals surface area contributed by atoms with Crippen molar-refractivity contribution in [3.8, 4) is 0 Å². The first-order chi connectivity index (χ1) is 7.24. The average molecular weight is 227 g/mol. The summed E-state index contributed by atoms with van der Waals surface area (Å²) in [6, 6.07) is 0. The summed E-state index contributed by atoms with van der Waals surface area (Å²) in [5.41, 5.74) is 0. The fourth-order valence-corrected chi connectivity index (χ4v) is 3.60. The molecule has 0 aromatic rings. The van der Waals surface area contributed by atoms with E-state index in [4.69, 9.17) is 0 Å². The molecule has 2 saturated carbocycles. The monoisotopic (exact) mass is 227 g/mol. The Morgan fingerprint density at radius 1 is 1.33 bits per heavy atom. The molecule has 2 rings (SSSR count). The molecule has 0 bridgehead atoms. The van der Waals surface area contributed by atoms with Gasteiger partial charge in [-0.25, -0.2) is 0 Å². The van der Waals surface area contributed by atoms with Crippen LogP contribution in [0.1, 0.15) is 45.4 Å². The van der Waals surface area contributed by atoms with Gasteiger partial charge in [0.2, 0.25) is 0 Å². The maximum atomic E-state index is 3.71. The van der Waals surface area contributed by atoms with E-state index in [-0.39, 0.29) is 0 Å². The third kappa shape index (κ3) is 3.39. The van der Waals surface area contributed by atoms with Gasteiger partial charge < -0.3 is 5.32 Å². The molecule has 1 N–H and O–H groups in total. The first kappa shape index (κ1) is 11.8. The van der Waals surface area contributed by atoms with Gasteiger partial charge in [0, 0.05) is 11.3 Å². The van der Waals surface area contributed by atoms with Gasteiger partial charge in [-0.05, 0) is 50.3 Å². The number of hydrogen-bond acceptors (Lipinski definition) is 2. The molecule has 0 saturated heterocycles. The summed E-state index contributed by atoms with van der Waals surface area (Å²) in [4.78, 5) is 0. The highest BCUT2D eigenvalue weighted by Crippen LogP contribution is 2.46. The molecule has 1 nitrogen and oxygen atoms in total. The van der Waals surface area contributed by atoms with Crippen LogP contribution in [0.25, 0.3) is 0 Å². The van der Waals surface area contributed by atoms with E-state index in [1.807, 2.05) is 0 Å². The van der Waals surface area contributed by atoms with Crippen LogP contribution in [-0.4, -0.2) is 24.1 Å². The Morgan fingerprint density at radius 3 is 2.73 bits per heavy atom. The van der Waals surface area contributed by atoms with Crippen molar-refractivity contribution in [3.05, 3.63) is 0 Å². The molecule has 0 aliphatic heterocycles. The van der Waals surface area contributed by atoms with Gasteiger partial charge in [0.15, 0.2) is 0 Å². The minimum absolute atomic E-state index is 0.639. The zero-order chi connectivity index (χ0) is 10.7. The summed E-state index contributed by atoms with van der Waals surface area (Å²) < 4.78 is 0.639. The van der Waals surface area contributed by atoms with Gasteiger partial charge in [-0.15, -0.1) is 0 Å². The quantitative estimate of drug-likeness (QED) is 0.773. The third-order valence-corrected chi connectivity index (χ3v) is 5.58. The first-order valence-corrected chi connectivity index (χ1v) is 7.72. The van der Waals surface area contributed by atoms with Crippen molar-refractivity contribution in [1.82, 2.24) is 5.32 Å². The maximum Gasteiger partial charge on any atom is 0.0282 e.